The number of halogens is 1. The Labute approximate surface area is 159 Å². The molecule has 0 radical (unpaired) electrons. The Morgan fingerprint density at radius 1 is 1.17 bits per heavy atom. The van der Waals surface area contributed by atoms with Crippen molar-refractivity contribution in [2.75, 3.05) is 6.26 Å². The van der Waals surface area contributed by atoms with Gasteiger partial charge in [0.2, 0.25) is 0 Å². The summed E-state index contributed by atoms with van der Waals surface area (Å²) >= 11 is 11.6. The molecule has 1 aliphatic rings. The molecule has 2 heterocycles. The molecule has 0 fully saturated rings. The Morgan fingerprint density at radius 3 is 2.83 bits per heavy atom. The maximum Gasteiger partial charge on any atom is 0.189 e. The third-order valence-corrected chi connectivity index (χ3v) is 7.39. The van der Waals surface area contributed by atoms with Crippen molar-refractivity contribution >= 4 is 56.7 Å². The highest BCUT2D eigenvalue weighted by Gasteiger charge is 2.21. The van der Waals surface area contributed by atoms with Crippen LogP contribution >= 0.6 is 46.5 Å². The molecule has 4 rings (SSSR count). The lowest BCUT2D eigenvalue weighted by atomic mass is 9.97. The quantitative estimate of drug-likeness (QED) is 0.298. The van der Waals surface area contributed by atoms with E-state index in [0.717, 1.165) is 37.8 Å². The van der Waals surface area contributed by atoms with Crippen molar-refractivity contribution in [3.05, 3.63) is 45.3 Å². The molecule has 0 atom stereocenters. The summed E-state index contributed by atoms with van der Waals surface area (Å²) in [6.45, 7) is 0. The van der Waals surface area contributed by atoms with E-state index in [0.29, 0.717) is 0 Å². The van der Waals surface area contributed by atoms with Crippen molar-refractivity contribution in [1.82, 2.24) is 9.97 Å². The molecule has 0 unspecified atom stereocenters. The van der Waals surface area contributed by atoms with Gasteiger partial charge in [0.05, 0.1) is 0 Å². The second-order valence-electron chi connectivity index (χ2n) is 5.79. The first-order chi connectivity index (χ1) is 11.8. The Hall–Kier alpha value is -0.750. The number of fused-ring (bicyclic) bond motifs is 3. The number of thioether (sulfide) groups is 2. The molecule has 0 spiro atoms. The summed E-state index contributed by atoms with van der Waals surface area (Å²) in [6.07, 6.45) is 6.97. The van der Waals surface area contributed by atoms with Gasteiger partial charge >= 0.3 is 0 Å². The monoisotopic (exact) mass is 392 g/mol. The van der Waals surface area contributed by atoms with Crippen LogP contribution in [0.2, 0.25) is 5.02 Å². The van der Waals surface area contributed by atoms with Gasteiger partial charge in [0.15, 0.2) is 5.16 Å². The first-order valence-corrected chi connectivity index (χ1v) is 11.4. The Kier molecular flexibility index (Phi) is 5.04. The molecule has 2 nitrogen and oxygen atoms in total. The van der Waals surface area contributed by atoms with Crippen molar-refractivity contribution in [3.8, 4) is 0 Å². The number of nitrogens with zero attached hydrogens (tertiary/aromatic N) is 2. The molecular weight excluding hydrogens is 376 g/mol. The van der Waals surface area contributed by atoms with Crippen LogP contribution in [0.5, 0.6) is 0 Å². The van der Waals surface area contributed by atoms with Crippen LogP contribution in [0.4, 0.5) is 0 Å². The summed E-state index contributed by atoms with van der Waals surface area (Å²) in [6, 6.07) is 8.05. The van der Waals surface area contributed by atoms with E-state index in [1.165, 1.54) is 35.1 Å². The Balaban J connectivity index is 1.75. The Morgan fingerprint density at radius 2 is 2.00 bits per heavy atom. The molecule has 6 heteroatoms. The number of benzene rings is 1. The average molecular weight is 393 g/mol. The fourth-order valence-corrected chi connectivity index (χ4v) is 6.21. The van der Waals surface area contributed by atoms with Crippen molar-refractivity contribution in [2.45, 2.75) is 41.6 Å². The number of rotatable bonds is 4. The molecule has 124 valence electrons. The molecule has 1 aliphatic carbocycles. The van der Waals surface area contributed by atoms with Gasteiger partial charge in [0.25, 0.3) is 0 Å². The van der Waals surface area contributed by atoms with E-state index in [2.05, 4.69) is 6.07 Å². The van der Waals surface area contributed by atoms with E-state index < -0.39 is 0 Å². The number of hydrogen-bond donors (Lipinski definition) is 0. The summed E-state index contributed by atoms with van der Waals surface area (Å²) in [4.78, 5) is 12.3. The molecule has 0 saturated carbocycles. The van der Waals surface area contributed by atoms with Gasteiger partial charge in [0, 0.05) is 21.0 Å². The van der Waals surface area contributed by atoms with Crippen LogP contribution < -0.4 is 0 Å². The SMILES string of the molecule is CSc1nc(SCc2ccccc2Cl)c2c3c(sc2n1)CCCC3. The molecule has 1 aromatic carbocycles. The largest absolute Gasteiger partial charge is 0.215 e. The van der Waals surface area contributed by atoms with E-state index in [1.54, 1.807) is 23.5 Å². The zero-order valence-electron chi connectivity index (χ0n) is 13.3. The summed E-state index contributed by atoms with van der Waals surface area (Å²) in [5.41, 5.74) is 2.65. The fraction of sp³-hybridized carbons (Fsp3) is 0.333. The molecule has 0 amide bonds. The topological polar surface area (TPSA) is 25.8 Å². The van der Waals surface area contributed by atoms with Gasteiger partial charge in [-0.2, -0.15) is 0 Å². The van der Waals surface area contributed by atoms with Crippen LogP contribution in [-0.2, 0) is 18.6 Å². The van der Waals surface area contributed by atoms with Gasteiger partial charge in [-0.25, -0.2) is 9.97 Å². The van der Waals surface area contributed by atoms with Crippen molar-refractivity contribution in [2.24, 2.45) is 0 Å². The van der Waals surface area contributed by atoms with E-state index in [1.807, 2.05) is 35.8 Å². The minimum Gasteiger partial charge on any atom is -0.215 e. The summed E-state index contributed by atoms with van der Waals surface area (Å²) in [5, 5.41) is 4.10. The van der Waals surface area contributed by atoms with E-state index in [9.17, 15) is 0 Å². The first-order valence-electron chi connectivity index (χ1n) is 7.98. The van der Waals surface area contributed by atoms with Gasteiger partial charge in [-0.3, -0.25) is 0 Å². The zero-order chi connectivity index (χ0) is 16.5. The molecular formula is C18H17ClN2S3. The van der Waals surface area contributed by atoms with Gasteiger partial charge < -0.3 is 0 Å². The summed E-state index contributed by atoms with van der Waals surface area (Å²) in [7, 11) is 0. The summed E-state index contributed by atoms with van der Waals surface area (Å²) in [5.74, 6) is 0.838. The van der Waals surface area contributed by atoms with Crippen LogP contribution in [0, 0.1) is 0 Å². The summed E-state index contributed by atoms with van der Waals surface area (Å²) < 4.78 is 0. The molecule has 0 saturated heterocycles. The minimum absolute atomic E-state index is 0.827. The first kappa shape index (κ1) is 16.7. The van der Waals surface area contributed by atoms with E-state index >= 15 is 0 Å². The predicted molar refractivity (Wildman–Crippen MR) is 107 cm³/mol. The van der Waals surface area contributed by atoms with E-state index in [4.69, 9.17) is 21.6 Å². The standard InChI is InChI=1S/C18H17ClN2S3/c1-22-18-20-16(23-10-11-6-2-4-8-13(11)19)15-12-7-3-5-9-14(12)24-17(15)21-18/h2,4,6,8H,3,5,7,9-10H2,1H3. The highest BCUT2D eigenvalue weighted by atomic mass is 35.5. The average Bonchev–Trinajstić information content (AvgIpc) is 2.99. The predicted octanol–water partition coefficient (Wildman–Crippen LogP) is 6.24. The highest BCUT2D eigenvalue weighted by molar-refractivity contribution is 7.99. The number of aryl methyl sites for hydroxylation is 2. The molecule has 24 heavy (non-hydrogen) atoms. The molecule has 0 bridgehead atoms. The molecule has 3 aromatic rings. The van der Waals surface area contributed by atoms with Crippen LogP contribution in [0.25, 0.3) is 10.2 Å². The lowest BCUT2D eigenvalue weighted by molar-refractivity contribution is 0.699. The van der Waals surface area contributed by atoms with Gasteiger partial charge in [0.1, 0.15) is 9.86 Å². The smallest absolute Gasteiger partial charge is 0.189 e. The van der Waals surface area contributed by atoms with Gasteiger partial charge in [-0.05, 0) is 49.1 Å². The van der Waals surface area contributed by atoms with Crippen molar-refractivity contribution in [1.29, 1.82) is 0 Å². The second-order valence-corrected chi connectivity index (χ2v) is 9.01. The van der Waals surface area contributed by atoms with Crippen molar-refractivity contribution in [3.63, 3.8) is 0 Å². The lowest BCUT2D eigenvalue weighted by Gasteiger charge is -2.12. The third-order valence-electron chi connectivity index (χ3n) is 4.27. The highest BCUT2D eigenvalue weighted by Crippen LogP contribution is 2.41. The van der Waals surface area contributed by atoms with Crippen LogP contribution in [0.3, 0.4) is 0 Å². The maximum absolute atomic E-state index is 6.31. The molecule has 0 N–H and O–H groups in total. The van der Waals surface area contributed by atoms with Gasteiger partial charge in [-0.1, -0.05) is 41.6 Å². The van der Waals surface area contributed by atoms with Gasteiger partial charge in [-0.15, -0.1) is 23.1 Å². The van der Waals surface area contributed by atoms with Crippen molar-refractivity contribution < 1.29 is 0 Å². The fourth-order valence-electron chi connectivity index (χ4n) is 3.06. The minimum atomic E-state index is 0.827. The van der Waals surface area contributed by atoms with Crippen LogP contribution in [0.1, 0.15) is 28.8 Å². The Bertz CT molecular complexity index is 891. The zero-order valence-corrected chi connectivity index (χ0v) is 16.5. The number of aromatic nitrogens is 2. The van der Waals surface area contributed by atoms with Crippen LogP contribution in [0.15, 0.2) is 34.4 Å². The molecule has 0 aliphatic heterocycles. The van der Waals surface area contributed by atoms with Crippen LogP contribution in [-0.4, -0.2) is 16.2 Å². The second kappa shape index (κ2) is 7.24. The normalized spacial score (nSPS) is 14.1. The maximum atomic E-state index is 6.31. The number of thiophene rings is 1. The lowest BCUT2D eigenvalue weighted by Crippen LogP contribution is -1.99. The van der Waals surface area contributed by atoms with E-state index in [-0.39, 0.29) is 0 Å². The number of hydrogen-bond acceptors (Lipinski definition) is 5. The third kappa shape index (κ3) is 3.19. The molecule has 2 aromatic heterocycles.